The molecule has 0 amide bonds. The van der Waals surface area contributed by atoms with Crippen molar-refractivity contribution in [2.75, 3.05) is 0 Å². The van der Waals surface area contributed by atoms with E-state index in [0.717, 1.165) is 83.7 Å². The summed E-state index contributed by atoms with van der Waals surface area (Å²) in [5.41, 5.74) is 15.8. The lowest BCUT2D eigenvalue weighted by molar-refractivity contribution is 1.18. The van der Waals surface area contributed by atoms with Crippen molar-refractivity contribution in [1.82, 2.24) is 19.5 Å². The van der Waals surface area contributed by atoms with Crippen LogP contribution in [0.2, 0.25) is 0 Å². The molecular formula is C59H38N4. The lowest BCUT2D eigenvalue weighted by Gasteiger charge is -2.15. The van der Waals surface area contributed by atoms with Gasteiger partial charge in [0.05, 0.1) is 33.6 Å². The van der Waals surface area contributed by atoms with Crippen LogP contribution >= 0.6 is 0 Å². The molecule has 12 rings (SSSR count). The van der Waals surface area contributed by atoms with Crippen molar-refractivity contribution in [3.63, 3.8) is 0 Å². The Kier molecular flexibility index (Phi) is 8.79. The second-order valence-corrected chi connectivity index (χ2v) is 16.0. The molecule has 0 unspecified atom stereocenters. The average Bonchev–Trinajstić information content (AvgIpc) is 3.71. The van der Waals surface area contributed by atoms with Gasteiger partial charge in [-0.15, -0.1) is 0 Å². The first-order valence-corrected chi connectivity index (χ1v) is 21.4. The molecule has 0 bridgehead atoms. The fourth-order valence-electron chi connectivity index (χ4n) is 9.24. The Labute approximate surface area is 365 Å². The first-order chi connectivity index (χ1) is 31.2. The molecule has 0 aliphatic heterocycles. The number of hydrogen-bond acceptors (Lipinski definition) is 3. The molecular weight excluding hydrogens is 765 g/mol. The van der Waals surface area contributed by atoms with E-state index in [-0.39, 0.29) is 0 Å². The van der Waals surface area contributed by atoms with Gasteiger partial charge in [-0.2, -0.15) is 0 Å². The monoisotopic (exact) mass is 802 g/mol. The van der Waals surface area contributed by atoms with E-state index in [1.54, 1.807) is 0 Å². The maximum atomic E-state index is 5.65. The van der Waals surface area contributed by atoms with E-state index in [1.165, 1.54) is 27.1 Å². The van der Waals surface area contributed by atoms with Gasteiger partial charge in [0.1, 0.15) is 0 Å². The fourth-order valence-corrected chi connectivity index (χ4v) is 9.24. The zero-order chi connectivity index (χ0) is 41.7. The summed E-state index contributed by atoms with van der Waals surface area (Å²) in [6.07, 6.45) is 0. The van der Waals surface area contributed by atoms with Gasteiger partial charge in [0.15, 0.2) is 5.82 Å². The highest BCUT2D eigenvalue weighted by Crippen LogP contribution is 2.44. The van der Waals surface area contributed by atoms with Crippen LogP contribution in [-0.2, 0) is 0 Å². The normalized spacial score (nSPS) is 11.5. The third-order valence-corrected chi connectivity index (χ3v) is 12.2. The Morgan fingerprint density at radius 2 is 0.857 bits per heavy atom. The smallest absolute Gasteiger partial charge is 0.160 e. The first kappa shape index (κ1) is 36.4. The van der Waals surface area contributed by atoms with Gasteiger partial charge < -0.3 is 4.57 Å². The summed E-state index contributed by atoms with van der Waals surface area (Å²) < 4.78 is 2.38. The van der Waals surface area contributed by atoms with Gasteiger partial charge in [0.25, 0.3) is 0 Å². The van der Waals surface area contributed by atoms with E-state index in [2.05, 4.69) is 199 Å². The molecule has 294 valence electrons. The zero-order valence-corrected chi connectivity index (χ0v) is 34.2. The molecule has 3 heterocycles. The summed E-state index contributed by atoms with van der Waals surface area (Å²) in [5.74, 6) is 0.693. The number of nitrogens with zero attached hydrogens (tertiary/aromatic N) is 4. The number of rotatable bonds is 7. The van der Waals surface area contributed by atoms with Gasteiger partial charge in [-0.05, 0) is 58.5 Å². The third kappa shape index (κ3) is 6.36. The Morgan fingerprint density at radius 1 is 0.302 bits per heavy atom. The van der Waals surface area contributed by atoms with Gasteiger partial charge >= 0.3 is 0 Å². The van der Waals surface area contributed by atoms with E-state index in [9.17, 15) is 0 Å². The molecule has 4 heteroatoms. The largest absolute Gasteiger partial charge is 0.309 e. The van der Waals surface area contributed by atoms with E-state index in [4.69, 9.17) is 15.0 Å². The van der Waals surface area contributed by atoms with Gasteiger partial charge in [-0.1, -0.05) is 194 Å². The van der Waals surface area contributed by atoms with Crippen LogP contribution in [0.15, 0.2) is 231 Å². The molecule has 63 heavy (non-hydrogen) atoms. The number of para-hydroxylation sites is 3. The van der Waals surface area contributed by atoms with Crippen LogP contribution in [0.25, 0.3) is 117 Å². The summed E-state index contributed by atoms with van der Waals surface area (Å²) in [5, 5.41) is 5.91. The summed E-state index contributed by atoms with van der Waals surface area (Å²) in [6, 6.07) is 81.4. The third-order valence-electron chi connectivity index (χ3n) is 12.2. The van der Waals surface area contributed by atoms with Gasteiger partial charge in [-0.25, -0.2) is 15.0 Å². The standard InChI is InChI=1S/C59H38N4/c1-5-17-41(18-6-1)51-38-52(42-19-7-2-8-20-42)61-59(60-51)45-24-15-23-44(37-45)39-31-33-40(34-32-39)47-28-16-29-49-48-35-36-54-55(56(48)57(62-58(47)49)43-21-9-3-10-22-43)50-27-13-14-30-53(50)63(54)46-25-11-4-12-26-46/h1-38H. The molecule has 0 saturated heterocycles. The van der Waals surface area contributed by atoms with Crippen molar-refractivity contribution in [2.24, 2.45) is 0 Å². The van der Waals surface area contributed by atoms with E-state index in [0.29, 0.717) is 5.82 Å². The number of fused-ring (bicyclic) bond motifs is 7. The maximum Gasteiger partial charge on any atom is 0.160 e. The highest BCUT2D eigenvalue weighted by atomic mass is 15.0. The van der Waals surface area contributed by atoms with Crippen LogP contribution in [0.1, 0.15) is 0 Å². The second kappa shape index (κ2) is 15.2. The SMILES string of the molecule is c1ccc(-c2cc(-c3ccccc3)nc(-c3cccc(-c4ccc(-c5cccc6c5nc(-c5ccccc5)c5c6ccc6c5c5ccccc5n6-c5ccccc5)cc4)c3)n2)cc1. The van der Waals surface area contributed by atoms with E-state index < -0.39 is 0 Å². The van der Waals surface area contributed by atoms with Crippen molar-refractivity contribution >= 4 is 43.5 Å². The van der Waals surface area contributed by atoms with Crippen molar-refractivity contribution in [3.8, 4) is 73.1 Å². The van der Waals surface area contributed by atoms with Crippen molar-refractivity contribution in [1.29, 1.82) is 0 Å². The van der Waals surface area contributed by atoms with Crippen molar-refractivity contribution < 1.29 is 0 Å². The van der Waals surface area contributed by atoms with Crippen LogP contribution in [-0.4, -0.2) is 19.5 Å². The Balaban J connectivity index is 0.985. The number of benzene rings is 9. The number of aromatic nitrogens is 4. The summed E-state index contributed by atoms with van der Waals surface area (Å²) in [7, 11) is 0. The first-order valence-electron chi connectivity index (χ1n) is 21.4. The van der Waals surface area contributed by atoms with Crippen molar-refractivity contribution in [3.05, 3.63) is 231 Å². The van der Waals surface area contributed by atoms with E-state index in [1.807, 2.05) is 36.4 Å². The molecule has 9 aromatic carbocycles. The average molecular weight is 803 g/mol. The van der Waals surface area contributed by atoms with Gasteiger partial charge in [-0.3, -0.25) is 0 Å². The lowest BCUT2D eigenvalue weighted by Crippen LogP contribution is -1.96. The topological polar surface area (TPSA) is 43.6 Å². The molecule has 0 radical (unpaired) electrons. The minimum Gasteiger partial charge on any atom is -0.309 e. The maximum absolute atomic E-state index is 5.65. The molecule has 0 fully saturated rings. The summed E-state index contributed by atoms with van der Waals surface area (Å²) >= 11 is 0. The Morgan fingerprint density at radius 3 is 1.56 bits per heavy atom. The van der Waals surface area contributed by atoms with Crippen LogP contribution in [0.4, 0.5) is 0 Å². The molecule has 0 saturated carbocycles. The van der Waals surface area contributed by atoms with Crippen LogP contribution in [0, 0.1) is 0 Å². The number of hydrogen-bond donors (Lipinski definition) is 0. The lowest BCUT2D eigenvalue weighted by atomic mass is 9.93. The molecule has 12 aromatic rings. The second-order valence-electron chi connectivity index (χ2n) is 16.0. The summed E-state index contributed by atoms with van der Waals surface area (Å²) in [6.45, 7) is 0. The molecule has 4 nitrogen and oxygen atoms in total. The quantitative estimate of drug-likeness (QED) is 0.151. The van der Waals surface area contributed by atoms with Crippen molar-refractivity contribution in [2.45, 2.75) is 0 Å². The van der Waals surface area contributed by atoms with E-state index >= 15 is 0 Å². The van der Waals surface area contributed by atoms with Crippen LogP contribution < -0.4 is 0 Å². The molecule has 0 aliphatic carbocycles. The van der Waals surface area contributed by atoms with Crippen LogP contribution in [0.3, 0.4) is 0 Å². The van der Waals surface area contributed by atoms with Crippen LogP contribution in [0.5, 0.6) is 0 Å². The summed E-state index contributed by atoms with van der Waals surface area (Å²) in [4.78, 5) is 15.8. The minimum absolute atomic E-state index is 0.693. The predicted molar refractivity (Wildman–Crippen MR) is 262 cm³/mol. The molecule has 0 N–H and O–H groups in total. The van der Waals surface area contributed by atoms with Gasteiger partial charge in [0.2, 0.25) is 0 Å². The Hall–Kier alpha value is -8.47. The molecule has 0 aliphatic rings. The number of pyridine rings is 1. The highest BCUT2D eigenvalue weighted by Gasteiger charge is 2.21. The highest BCUT2D eigenvalue weighted by molar-refractivity contribution is 6.29. The fraction of sp³-hybridized carbons (Fsp3) is 0. The predicted octanol–water partition coefficient (Wildman–Crippen LogP) is 15.3. The molecule has 0 atom stereocenters. The molecule has 0 spiro atoms. The minimum atomic E-state index is 0.693. The molecule has 3 aromatic heterocycles. The Bertz CT molecular complexity index is 3580. The van der Waals surface area contributed by atoms with Gasteiger partial charge in [0, 0.05) is 55.0 Å². The zero-order valence-electron chi connectivity index (χ0n) is 34.2.